The third-order valence-corrected chi connectivity index (χ3v) is 5.98. The fraction of sp³-hybridized carbons (Fsp3) is 0.786. The molecular weight excluding hydrogens is 423 g/mol. The first-order chi connectivity index (χ1) is 15.4. The minimum atomic E-state index is 0. The number of aliphatic hydroxyl groups excluding tert-OH is 1. The second-order valence-electron chi connectivity index (χ2n) is 9.05. The zero-order valence-electron chi connectivity index (χ0n) is 21.4. The summed E-state index contributed by atoms with van der Waals surface area (Å²) >= 11 is 0. The van der Waals surface area contributed by atoms with Crippen LogP contribution in [0.3, 0.4) is 0 Å². The van der Waals surface area contributed by atoms with Gasteiger partial charge in [0.05, 0.1) is 19.8 Å². The molecular formula is C28H50KO3. The average Bonchev–Trinajstić information content (AvgIpc) is 2.81. The van der Waals surface area contributed by atoms with E-state index in [4.69, 9.17) is 9.47 Å². The number of hydrogen-bond donors (Lipinski definition) is 1. The van der Waals surface area contributed by atoms with Crippen LogP contribution < -0.4 is 4.74 Å². The van der Waals surface area contributed by atoms with Gasteiger partial charge in [0.15, 0.2) is 0 Å². The summed E-state index contributed by atoms with van der Waals surface area (Å²) < 4.78 is 11.5. The number of hydrogen-bond acceptors (Lipinski definition) is 3. The van der Waals surface area contributed by atoms with E-state index in [1.165, 1.54) is 96.3 Å². The van der Waals surface area contributed by atoms with Crippen molar-refractivity contribution in [3.63, 3.8) is 0 Å². The molecule has 0 spiro atoms. The van der Waals surface area contributed by atoms with Gasteiger partial charge in [-0.25, -0.2) is 0 Å². The number of benzene rings is 1. The fourth-order valence-corrected chi connectivity index (χ4v) is 3.89. The molecule has 0 fully saturated rings. The quantitative estimate of drug-likeness (QED) is 0.132. The molecule has 0 aliphatic heterocycles. The van der Waals surface area contributed by atoms with Crippen LogP contribution in [0.1, 0.15) is 110 Å². The van der Waals surface area contributed by atoms with E-state index in [1.54, 1.807) is 0 Å². The molecule has 3 nitrogen and oxygen atoms in total. The Morgan fingerprint density at radius 2 is 1.12 bits per heavy atom. The summed E-state index contributed by atoms with van der Waals surface area (Å²) in [5.41, 5.74) is 0. The molecule has 1 aromatic carbocycles. The van der Waals surface area contributed by atoms with Crippen molar-refractivity contribution < 1.29 is 14.6 Å². The Kier molecular flexibility index (Phi) is 26.7. The molecule has 1 rings (SSSR count). The number of ether oxygens (including phenoxy) is 2. The predicted molar refractivity (Wildman–Crippen MR) is 139 cm³/mol. The van der Waals surface area contributed by atoms with E-state index in [2.05, 4.69) is 6.92 Å². The molecule has 0 saturated carbocycles. The van der Waals surface area contributed by atoms with Crippen molar-refractivity contribution in [1.29, 1.82) is 0 Å². The molecule has 0 bridgehead atoms. The van der Waals surface area contributed by atoms with Gasteiger partial charge in [0.2, 0.25) is 0 Å². The van der Waals surface area contributed by atoms with Crippen LogP contribution in [-0.4, -0.2) is 82.9 Å². The van der Waals surface area contributed by atoms with Gasteiger partial charge in [-0.3, -0.25) is 0 Å². The fourth-order valence-electron chi connectivity index (χ4n) is 3.89. The maximum Gasteiger partial charge on any atom is 0.119 e. The first-order valence-electron chi connectivity index (χ1n) is 13.2. The molecule has 1 aromatic rings. The summed E-state index contributed by atoms with van der Waals surface area (Å²) in [6.45, 7) is 4.25. The summed E-state index contributed by atoms with van der Waals surface area (Å²) in [6.07, 6.45) is 22.2. The summed E-state index contributed by atoms with van der Waals surface area (Å²) in [7, 11) is 0. The normalized spacial score (nSPS) is 11.8. The molecule has 0 aliphatic rings. The van der Waals surface area contributed by atoms with Crippen LogP contribution in [0.5, 0.6) is 5.75 Å². The summed E-state index contributed by atoms with van der Waals surface area (Å²) in [5.74, 6) is 0.889. The van der Waals surface area contributed by atoms with Crippen LogP contribution in [0.25, 0.3) is 0 Å². The van der Waals surface area contributed by atoms with E-state index in [-0.39, 0.29) is 63.9 Å². The molecule has 0 aliphatic carbocycles. The maximum atomic E-state index is 9.49. The van der Waals surface area contributed by atoms with Gasteiger partial charge < -0.3 is 14.6 Å². The molecule has 32 heavy (non-hydrogen) atoms. The second-order valence-corrected chi connectivity index (χ2v) is 9.05. The van der Waals surface area contributed by atoms with E-state index >= 15 is 0 Å². The average molecular weight is 474 g/mol. The zero-order valence-corrected chi connectivity index (χ0v) is 24.5. The smallest absolute Gasteiger partial charge is 0.119 e. The minimum Gasteiger partial charge on any atom is -0.493 e. The summed E-state index contributed by atoms with van der Waals surface area (Å²) in [4.78, 5) is 0. The standard InChI is InChI=1S/C28H50O3.K/c1-2-3-4-5-6-7-8-9-10-11-12-13-14-15-16-20-23-30-25-27(24-29)26-31-28-21-18-17-19-22-28;/h17-19,21-22,27,29H,2-16,20,23-26H2,1H3;. The van der Waals surface area contributed by atoms with Crippen molar-refractivity contribution >= 4 is 51.4 Å². The molecule has 1 unspecified atom stereocenters. The van der Waals surface area contributed by atoms with Gasteiger partial charge in [-0.2, -0.15) is 0 Å². The predicted octanol–water partition coefficient (Wildman–Crippen LogP) is 7.57. The molecule has 0 heterocycles. The monoisotopic (exact) mass is 473 g/mol. The van der Waals surface area contributed by atoms with Gasteiger partial charge in [0.1, 0.15) is 5.75 Å². The van der Waals surface area contributed by atoms with Crippen molar-refractivity contribution in [3.8, 4) is 5.75 Å². The van der Waals surface area contributed by atoms with Gasteiger partial charge in [-0.1, -0.05) is 121 Å². The van der Waals surface area contributed by atoms with Crippen LogP contribution in [0.15, 0.2) is 30.3 Å². The van der Waals surface area contributed by atoms with Crippen LogP contribution in [-0.2, 0) is 4.74 Å². The first-order valence-corrected chi connectivity index (χ1v) is 13.2. The zero-order chi connectivity index (χ0) is 22.2. The van der Waals surface area contributed by atoms with Crippen molar-refractivity contribution in [3.05, 3.63) is 30.3 Å². The van der Waals surface area contributed by atoms with Gasteiger partial charge in [-0.05, 0) is 18.6 Å². The van der Waals surface area contributed by atoms with Crippen LogP contribution in [0.4, 0.5) is 0 Å². The van der Waals surface area contributed by atoms with Crippen molar-refractivity contribution in [2.75, 3.05) is 26.4 Å². The Morgan fingerprint density at radius 1 is 0.656 bits per heavy atom. The summed E-state index contributed by atoms with van der Waals surface area (Å²) in [5, 5.41) is 9.49. The molecule has 1 atom stereocenters. The molecule has 1 N–H and O–H groups in total. The van der Waals surface area contributed by atoms with Crippen LogP contribution in [0.2, 0.25) is 0 Å². The second kappa shape index (κ2) is 26.2. The third-order valence-electron chi connectivity index (χ3n) is 5.98. The molecule has 0 saturated heterocycles. The van der Waals surface area contributed by atoms with Crippen molar-refractivity contribution in [2.24, 2.45) is 5.92 Å². The van der Waals surface area contributed by atoms with Crippen LogP contribution >= 0.6 is 0 Å². The Labute approximate surface area is 241 Å². The Bertz CT molecular complexity index is 469. The Hall–Kier alpha value is 0.576. The van der Waals surface area contributed by atoms with Gasteiger partial charge in [0, 0.05) is 63.9 Å². The van der Waals surface area contributed by atoms with Gasteiger partial charge in [-0.15, -0.1) is 0 Å². The molecule has 0 aromatic heterocycles. The number of para-hydroxylation sites is 1. The number of aliphatic hydroxyl groups is 1. The SMILES string of the molecule is CCCCCCCCCCCCCCCCCCOCC(CO)COc1ccccc1.[K]. The van der Waals surface area contributed by atoms with Crippen molar-refractivity contribution in [1.82, 2.24) is 0 Å². The number of rotatable bonds is 23. The van der Waals surface area contributed by atoms with E-state index in [9.17, 15) is 5.11 Å². The molecule has 181 valence electrons. The topological polar surface area (TPSA) is 38.7 Å². The first kappa shape index (κ1) is 32.6. The molecule has 0 amide bonds. The van der Waals surface area contributed by atoms with Gasteiger partial charge >= 0.3 is 0 Å². The number of unbranched alkanes of at least 4 members (excludes halogenated alkanes) is 15. The summed E-state index contributed by atoms with van der Waals surface area (Å²) in [6, 6.07) is 9.75. The maximum absolute atomic E-state index is 9.49. The van der Waals surface area contributed by atoms with E-state index in [1.807, 2.05) is 30.3 Å². The van der Waals surface area contributed by atoms with Crippen molar-refractivity contribution in [2.45, 2.75) is 110 Å². The Balaban J connectivity index is 0.00000961. The van der Waals surface area contributed by atoms with E-state index < -0.39 is 0 Å². The van der Waals surface area contributed by atoms with E-state index in [0.717, 1.165) is 18.8 Å². The third kappa shape index (κ3) is 21.1. The Morgan fingerprint density at radius 3 is 1.59 bits per heavy atom. The molecule has 1 radical (unpaired) electrons. The molecule has 4 heteroatoms. The van der Waals surface area contributed by atoms with Gasteiger partial charge in [0.25, 0.3) is 0 Å². The van der Waals surface area contributed by atoms with Crippen LogP contribution in [0, 0.1) is 5.92 Å². The minimum absolute atomic E-state index is 0. The van der Waals surface area contributed by atoms with E-state index in [0.29, 0.717) is 13.2 Å². The largest absolute Gasteiger partial charge is 0.493 e.